The van der Waals surface area contributed by atoms with Crippen LogP contribution in [0.15, 0.2) is 53.4 Å². The summed E-state index contributed by atoms with van der Waals surface area (Å²) in [5.41, 5.74) is 0.801. The number of benzene rings is 2. The Morgan fingerprint density at radius 3 is 2.20 bits per heavy atom. The van der Waals surface area contributed by atoms with Crippen LogP contribution in [0.25, 0.3) is 6.08 Å². The number of rotatable bonds is 4. The Labute approximate surface area is 121 Å². The van der Waals surface area contributed by atoms with E-state index in [1.165, 1.54) is 30.4 Å². The van der Waals surface area contributed by atoms with E-state index in [1.54, 1.807) is 23.9 Å². The summed E-state index contributed by atoms with van der Waals surface area (Å²) in [4.78, 5) is 13.1. The number of thioether (sulfide) groups is 1. The maximum Gasteiger partial charge on any atom is 0.185 e. The van der Waals surface area contributed by atoms with Crippen LogP contribution >= 0.6 is 11.8 Å². The fraction of sp³-hybridized carbons (Fsp3) is 0.0625. The molecule has 0 heterocycles. The summed E-state index contributed by atoms with van der Waals surface area (Å²) in [5.74, 6) is -0.307. The second-order valence-corrected chi connectivity index (χ2v) is 5.02. The maximum absolute atomic E-state index is 12.0. The normalized spacial score (nSPS) is 10.8. The molecule has 0 amide bonds. The van der Waals surface area contributed by atoms with Gasteiger partial charge >= 0.3 is 0 Å². The number of aromatic hydroxyl groups is 2. The molecule has 0 aliphatic rings. The van der Waals surface area contributed by atoms with Crippen molar-refractivity contribution in [3.05, 3.63) is 59.7 Å². The number of allylic oxidation sites excluding steroid dienone is 1. The van der Waals surface area contributed by atoms with Gasteiger partial charge in [-0.15, -0.1) is 11.8 Å². The fourth-order valence-electron chi connectivity index (χ4n) is 1.72. The number of hydrogen-bond acceptors (Lipinski definition) is 4. The van der Waals surface area contributed by atoms with Crippen molar-refractivity contribution in [3.63, 3.8) is 0 Å². The predicted octanol–water partition coefficient (Wildman–Crippen LogP) is 3.72. The molecule has 0 atom stereocenters. The number of carbonyl (C=O) groups is 1. The van der Waals surface area contributed by atoms with Gasteiger partial charge in [0.05, 0.1) is 5.56 Å². The average Bonchev–Trinajstić information content (AvgIpc) is 2.46. The van der Waals surface area contributed by atoms with Crippen molar-refractivity contribution in [3.8, 4) is 11.5 Å². The highest BCUT2D eigenvalue weighted by atomic mass is 32.2. The number of ketones is 1. The van der Waals surface area contributed by atoms with Crippen LogP contribution in [0.1, 0.15) is 15.9 Å². The van der Waals surface area contributed by atoms with E-state index >= 15 is 0 Å². The molecule has 102 valence electrons. The molecule has 2 aromatic carbocycles. The highest BCUT2D eigenvalue weighted by molar-refractivity contribution is 7.98. The Balaban J connectivity index is 2.20. The molecule has 0 aliphatic carbocycles. The Morgan fingerprint density at radius 2 is 1.65 bits per heavy atom. The first-order valence-electron chi connectivity index (χ1n) is 5.99. The molecule has 4 heteroatoms. The third-order valence-electron chi connectivity index (χ3n) is 2.84. The third-order valence-corrected chi connectivity index (χ3v) is 3.58. The first-order valence-corrected chi connectivity index (χ1v) is 7.21. The predicted molar refractivity (Wildman–Crippen MR) is 81.4 cm³/mol. The van der Waals surface area contributed by atoms with Crippen molar-refractivity contribution in [1.29, 1.82) is 0 Å². The fourth-order valence-corrected chi connectivity index (χ4v) is 2.13. The Bertz CT molecular complexity index is 625. The lowest BCUT2D eigenvalue weighted by Crippen LogP contribution is -1.93. The van der Waals surface area contributed by atoms with Gasteiger partial charge in [-0.25, -0.2) is 0 Å². The topological polar surface area (TPSA) is 57.5 Å². The minimum atomic E-state index is -0.180. The highest BCUT2D eigenvalue weighted by Crippen LogP contribution is 2.27. The van der Waals surface area contributed by atoms with Gasteiger partial charge in [0.2, 0.25) is 0 Å². The minimum absolute atomic E-state index is 0.0632. The Morgan fingerprint density at radius 1 is 1.05 bits per heavy atom. The van der Waals surface area contributed by atoms with Gasteiger partial charge in [0.15, 0.2) is 5.78 Å². The molecule has 0 unspecified atom stereocenters. The summed E-state index contributed by atoms with van der Waals surface area (Å²) in [6, 6.07) is 11.7. The van der Waals surface area contributed by atoms with E-state index in [0.29, 0.717) is 5.56 Å². The SMILES string of the molecule is CSc1ccc(C(=O)C=Cc2c(O)cccc2O)cc1. The van der Waals surface area contributed by atoms with Crippen molar-refractivity contribution >= 4 is 23.6 Å². The number of carbonyl (C=O) groups excluding carboxylic acids is 1. The lowest BCUT2D eigenvalue weighted by atomic mass is 10.1. The van der Waals surface area contributed by atoms with Crippen LogP contribution in [0.2, 0.25) is 0 Å². The molecular formula is C16H14O3S. The van der Waals surface area contributed by atoms with Gasteiger partial charge in [0.1, 0.15) is 11.5 Å². The molecule has 2 rings (SSSR count). The number of hydrogen-bond donors (Lipinski definition) is 2. The zero-order chi connectivity index (χ0) is 14.5. The lowest BCUT2D eigenvalue weighted by molar-refractivity contribution is 0.104. The van der Waals surface area contributed by atoms with E-state index in [0.717, 1.165) is 4.90 Å². The van der Waals surface area contributed by atoms with E-state index < -0.39 is 0 Å². The first-order chi connectivity index (χ1) is 9.61. The molecule has 3 nitrogen and oxygen atoms in total. The molecule has 20 heavy (non-hydrogen) atoms. The van der Waals surface area contributed by atoms with Crippen LogP contribution in [-0.4, -0.2) is 22.3 Å². The summed E-state index contributed by atoms with van der Waals surface area (Å²) < 4.78 is 0. The number of phenolic OH excluding ortho intramolecular Hbond substituents is 2. The van der Waals surface area contributed by atoms with Crippen LogP contribution in [0, 0.1) is 0 Å². The van der Waals surface area contributed by atoms with Gasteiger partial charge in [0, 0.05) is 10.5 Å². The molecule has 2 aromatic rings. The lowest BCUT2D eigenvalue weighted by Gasteiger charge is -2.02. The standard InChI is InChI=1S/C16H14O3S/c1-20-12-7-5-11(6-8-12)14(17)10-9-13-15(18)3-2-4-16(13)19/h2-10,18-19H,1H3. The van der Waals surface area contributed by atoms with Crippen molar-refractivity contribution in [2.24, 2.45) is 0 Å². The van der Waals surface area contributed by atoms with Gasteiger partial charge in [-0.05, 0) is 54.8 Å². The molecule has 0 radical (unpaired) electrons. The Hall–Kier alpha value is -2.20. The molecule has 2 N–H and O–H groups in total. The molecular weight excluding hydrogens is 272 g/mol. The largest absolute Gasteiger partial charge is 0.507 e. The zero-order valence-corrected chi connectivity index (χ0v) is 11.7. The van der Waals surface area contributed by atoms with Crippen LogP contribution < -0.4 is 0 Å². The molecule has 0 spiro atoms. The average molecular weight is 286 g/mol. The van der Waals surface area contributed by atoms with Crippen molar-refractivity contribution in [2.75, 3.05) is 6.26 Å². The first kappa shape index (κ1) is 14.2. The number of phenols is 2. The Kier molecular flexibility index (Phi) is 4.48. The van der Waals surface area contributed by atoms with Gasteiger partial charge in [-0.3, -0.25) is 4.79 Å². The molecule has 0 saturated heterocycles. The second-order valence-electron chi connectivity index (χ2n) is 4.14. The molecule has 0 saturated carbocycles. The maximum atomic E-state index is 12.0. The molecule has 0 aromatic heterocycles. The summed E-state index contributed by atoms with van der Waals surface area (Å²) in [6.07, 6.45) is 4.72. The van der Waals surface area contributed by atoms with E-state index in [2.05, 4.69) is 0 Å². The monoisotopic (exact) mass is 286 g/mol. The van der Waals surface area contributed by atoms with E-state index in [4.69, 9.17) is 0 Å². The highest BCUT2D eigenvalue weighted by Gasteiger charge is 2.05. The van der Waals surface area contributed by atoms with Gasteiger partial charge in [-0.2, -0.15) is 0 Å². The van der Waals surface area contributed by atoms with Gasteiger partial charge in [0.25, 0.3) is 0 Å². The van der Waals surface area contributed by atoms with E-state index in [-0.39, 0.29) is 22.8 Å². The van der Waals surface area contributed by atoms with Crippen molar-refractivity contribution < 1.29 is 15.0 Å². The van der Waals surface area contributed by atoms with E-state index in [9.17, 15) is 15.0 Å². The summed E-state index contributed by atoms with van der Waals surface area (Å²) in [5, 5.41) is 19.2. The summed E-state index contributed by atoms with van der Waals surface area (Å²) >= 11 is 1.61. The quantitative estimate of drug-likeness (QED) is 0.511. The second kappa shape index (κ2) is 6.30. The van der Waals surface area contributed by atoms with E-state index in [1.807, 2.05) is 18.4 Å². The van der Waals surface area contributed by atoms with Crippen LogP contribution in [0.3, 0.4) is 0 Å². The smallest absolute Gasteiger partial charge is 0.185 e. The van der Waals surface area contributed by atoms with Crippen LogP contribution in [0.5, 0.6) is 11.5 Å². The van der Waals surface area contributed by atoms with Crippen molar-refractivity contribution in [2.45, 2.75) is 4.90 Å². The van der Waals surface area contributed by atoms with Crippen LogP contribution in [0.4, 0.5) is 0 Å². The molecule has 0 fully saturated rings. The van der Waals surface area contributed by atoms with Gasteiger partial charge in [-0.1, -0.05) is 6.07 Å². The zero-order valence-electron chi connectivity index (χ0n) is 10.9. The molecule has 0 aliphatic heterocycles. The van der Waals surface area contributed by atoms with Crippen molar-refractivity contribution in [1.82, 2.24) is 0 Å². The van der Waals surface area contributed by atoms with Gasteiger partial charge < -0.3 is 10.2 Å². The minimum Gasteiger partial charge on any atom is -0.507 e. The summed E-state index contributed by atoms with van der Waals surface area (Å²) in [7, 11) is 0. The van der Waals surface area contributed by atoms with Crippen LogP contribution in [-0.2, 0) is 0 Å². The molecule has 0 bridgehead atoms. The third kappa shape index (κ3) is 3.22. The summed E-state index contributed by atoms with van der Waals surface area (Å²) in [6.45, 7) is 0.